The Morgan fingerprint density at radius 1 is 1.11 bits per heavy atom. The first-order valence-corrected chi connectivity index (χ1v) is 10.4. The Morgan fingerprint density at radius 3 is 2.48 bits per heavy atom. The van der Waals surface area contributed by atoms with Crippen molar-refractivity contribution >= 4 is 38.7 Å². The first-order valence-electron chi connectivity index (χ1n) is 8.05. The monoisotopic (exact) mass is 402 g/mol. The second-order valence-corrected chi connectivity index (χ2v) is 8.77. The third-order valence-electron chi connectivity index (χ3n) is 3.92. The lowest BCUT2D eigenvalue weighted by molar-refractivity contribution is 0.0697. The summed E-state index contributed by atoms with van der Waals surface area (Å²) >= 11 is 1.10. The molecule has 140 valence electrons. The highest BCUT2D eigenvalue weighted by Gasteiger charge is 2.20. The molecule has 8 heteroatoms. The molecule has 0 radical (unpaired) electrons. The predicted molar refractivity (Wildman–Crippen MR) is 107 cm³/mol. The van der Waals surface area contributed by atoms with E-state index in [9.17, 15) is 18.3 Å². The Balaban J connectivity index is 1.97. The van der Waals surface area contributed by atoms with E-state index in [0.29, 0.717) is 12.2 Å². The molecule has 0 aliphatic carbocycles. The summed E-state index contributed by atoms with van der Waals surface area (Å²) in [6.07, 6.45) is 0. The van der Waals surface area contributed by atoms with E-state index in [4.69, 9.17) is 0 Å². The van der Waals surface area contributed by atoms with Gasteiger partial charge in [-0.25, -0.2) is 13.2 Å². The molecular weight excluding hydrogens is 384 g/mol. The topological polar surface area (TPSA) is 86.7 Å². The van der Waals surface area contributed by atoms with Crippen molar-refractivity contribution in [2.24, 2.45) is 0 Å². The fourth-order valence-corrected chi connectivity index (χ4v) is 4.70. The highest BCUT2D eigenvalue weighted by atomic mass is 32.2. The van der Waals surface area contributed by atoms with E-state index in [1.165, 1.54) is 18.2 Å². The summed E-state index contributed by atoms with van der Waals surface area (Å²) in [5, 5.41) is 10.9. The lowest BCUT2D eigenvalue weighted by atomic mass is 10.1. The lowest BCUT2D eigenvalue weighted by Crippen LogP contribution is -2.20. The first-order chi connectivity index (χ1) is 12.9. The normalized spacial score (nSPS) is 11.1. The average Bonchev–Trinajstić information content (AvgIpc) is 3.18. The molecule has 0 aliphatic heterocycles. The molecule has 3 aromatic rings. The molecule has 0 spiro atoms. The van der Waals surface area contributed by atoms with Crippen LogP contribution in [0.5, 0.6) is 0 Å². The van der Waals surface area contributed by atoms with Crippen LogP contribution in [0.2, 0.25) is 0 Å². The lowest BCUT2D eigenvalue weighted by Gasteiger charge is -2.23. The van der Waals surface area contributed by atoms with Gasteiger partial charge in [0.2, 0.25) is 0 Å². The minimum Gasteiger partial charge on any atom is -0.478 e. The first kappa shape index (κ1) is 18.9. The third-order valence-corrected chi connectivity index (χ3v) is 6.68. The molecule has 1 heterocycles. The zero-order valence-corrected chi connectivity index (χ0v) is 16.1. The largest absolute Gasteiger partial charge is 0.478 e. The standard InChI is InChI=1S/C19H18N2O4S2/c1-21(13-14-6-3-2-4-7-14)17-10-9-15(19(22)23)12-16(17)20-27(24,25)18-8-5-11-26-18/h2-12,20H,13H2,1H3,(H,22,23). The molecule has 6 nitrogen and oxygen atoms in total. The van der Waals surface area contributed by atoms with E-state index >= 15 is 0 Å². The Bertz CT molecular complexity index is 1030. The van der Waals surface area contributed by atoms with Crippen molar-refractivity contribution in [3.8, 4) is 0 Å². The van der Waals surface area contributed by atoms with Crippen LogP contribution in [-0.4, -0.2) is 26.5 Å². The van der Waals surface area contributed by atoms with Gasteiger partial charge in [-0.2, -0.15) is 0 Å². The SMILES string of the molecule is CN(Cc1ccccc1)c1ccc(C(=O)O)cc1NS(=O)(=O)c1cccs1. The quantitative estimate of drug-likeness (QED) is 0.626. The molecule has 27 heavy (non-hydrogen) atoms. The van der Waals surface area contributed by atoms with Gasteiger partial charge < -0.3 is 10.0 Å². The van der Waals surface area contributed by atoms with E-state index in [2.05, 4.69) is 4.72 Å². The fraction of sp³-hybridized carbons (Fsp3) is 0.105. The number of thiophene rings is 1. The van der Waals surface area contributed by atoms with Gasteiger partial charge in [0.05, 0.1) is 16.9 Å². The van der Waals surface area contributed by atoms with Gasteiger partial charge in [0.15, 0.2) is 0 Å². The van der Waals surface area contributed by atoms with E-state index < -0.39 is 16.0 Å². The van der Waals surface area contributed by atoms with Gasteiger partial charge in [0.1, 0.15) is 4.21 Å². The van der Waals surface area contributed by atoms with Gasteiger partial charge >= 0.3 is 5.97 Å². The molecule has 3 rings (SSSR count). The van der Waals surface area contributed by atoms with Gasteiger partial charge in [0, 0.05) is 13.6 Å². The molecule has 0 unspecified atom stereocenters. The van der Waals surface area contributed by atoms with Gasteiger partial charge in [-0.3, -0.25) is 4.72 Å². The molecule has 2 aromatic carbocycles. The number of carboxylic acids is 1. The Labute approximate surface area is 161 Å². The molecule has 0 saturated carbocycles. The zero-order chi connectivity index (χ0) is 19.4. The van der Waals surface area contributed by atoms with Gasteiger partial charge in [-0.05, 0) is 35.2 Å². The van der Waals surface area contributed by atoms with E-state index in [1.807, 2.05) is 42.3 Å². The summed E-state index contributed by atoms with van der Waals surface area (Å²) in [6, 6.07) is 17.3. The van der Waals surface area contributed by atoms with Crippen molar-refractivity contribution in [3.63, 3.8) is 0 Å². The number of sulfonamides is 1. The van der Waals surface area contributed by atoms with Gasteiger partial charge in [-0.1, -0.05) is 36.4 Å². The Morgan fingerprint density at radius 2 is 1.85 bits per heavy atom. The van der Waals surface area contributed by atoms with Crippen LogP contribution < -0.4 is 9.62 Å². The van der Waals surface area contributed by atoms with Crippen molar-refractivity contribution in [2.75, 3.05) is 16.7 Å². The van der Waals surface area contributed by atoms with Crippen molar-refractivity contribution < 1.29 is 18.3 Å². The van der Waals surface area contributed by atoms with Crippen LogP contribution in [-0.2, 0) is 16.6 Å². The van der Waals surface area contributed by atoms with E-state index in [-0.39, 0.29) is 15.5 Å². The van der Waals surface area contributed by atoms with Crippen LogP contribution in [0.15, 0.2) is 70.3 Å². The zero-order valence-electron chi connectivity index (χ0n) is 14.5. The molecule has 1 aromatic heterocycles. The summed E-state index contributed by atoms with van der Waals surface area (Å²) in [7, 11) is -1.97. The number of rotatable bonds is 7. The third kappa shape index (κ3) is 4.47. The van der Waals surface area contributed by atoms with Crippen LogP contribution in [0.25, 0.3) is 0 Å². The Kier molecular flexibility index (Phi) is 5.48. The molecule has 0 amide bonds. The maximum absolute atomic E-state index is 12.6. The highest BCUT2D eigenvalue weighted by molar-refractivity contribution is 7.94. The molecular formula is C19H18N2O4S2. The number of carboxylic acid groups (broad SMARTS) is 1. The molecule has 0 aliphatic rings. The van der Waals surface area contributed by atoms with E-state index in [0.717, 1.165) is 16.9 Å². The van der Waals surface area contributed by atoms with Crippen LogP contribution in [0, 0.1) is 0 Å². The number of anilines is 2. The summed E-state index contributed by atoms with van der Waals surface area (Å²) in [6.45, 7) is 0.543. The number of aromatic carboxylic acids is 1. The second-order valence-electron chi connectivity index (χ2n) is 5.92. The number of nitrogens with zero attached hydrogens (tertiary/aromatic N) is 1. The summed E-state index contributed by atoms with van der Waals surface area (Å²) in [5.41, 5.74) is 1.87. The number of hydrogen-bond acceptors (Lipinski definition) is 5. The molecule has 0 bridgehead atoms. The van der Waals surface area contributed by atoms with Crippen molar-refractivity contribution in [1.82, 2.24) is 0 Å². The molecule has 0 saturated heterocycles. The van der Waals surface area contributed by atoms with Crippen LogP contribution >= 0.6 is 11.3 Å². The minimum absolute atomic E-state index is 0.00995. The maximum atomic E-state index is 12.6. The van der Waals surface area contributed by atoms with Crippen molar-refractivity contribution in [1.29, 1.82) is 0 Å². The summed E-state index contributed by atoms with van der Waals surface area (Å²) < 4.78 is 27.9. The predicted octanol–water partition coefficient (Wildman–Crippen LogP) is 3.88. The van der Waals surface area contributed by atoms with Crippen LogP contribution in [0.3, 0.4) is 0 Å². The minimum atomic E-state index is -3.79. The van der Waals surface area contributed by atoms with Crippen LogP contribution in [0.1, 0.15) is 15.9 Å². The van der Waals surface area contributed by atoms with Crippen molar-refractivity contribution in [3.05, 3.63) is 77.2 Å². The average molecular weight is 402 g/mol. The second kappa shape index (κ2) is 7.81. The van der Waals surface area contributed by atoms with Gasteiger partial charge in [-0.15, -0.1) is 11.3 Å². The smallest absolute Gasteiger partial charge is 0.335 e. The number of benzene rings is 2. The number of hydrogen-bond donors (Lipinski definition) is 2. The molecule has 2 N–H and O–H groups in total. The number of carbonyl (C=O) groups is 1. The summed E-state index contributed by atoms with van der Waals surface area (Å²) in [5.74, 6) is -1.12. The Hall–Kier alpha value is -2.84. The highest BCUT2D eigenvalue weighted by Crippen LogP contribution is 2.30. The number of nitrogens with one attached hydrogen (secondary N) is 1. The summed E-state index contributed by atoms with van der Waals surface area (Å²) in [4.78, 5) is 13.2. The van der Waals surface area contributed by atoms with Crippen molar-refractivity contribution in [2.45, 2.75) is 10.8 Å². The fourth-order valence-electron chi connectivity index (χ4n) is 2.64. The molecule has 0 fully saturated rings. The van der Waals surface area contributed by atoms with E-state index in [1.54, 1.807) is 17.5 Å². The van der Waals surface area contributed by atoms with Crippen LogP contribution in [0.4, 0.5) is 11.4 Å². The molecule has 0 atom stereocenters. The maximum Gasteiger partial charge on any atom is 0.335 e. The van der Waals surface area contributed by atoms with Gasteiger partial charge in [0.25, 0.3) is 10.0 Å².